The zero-order valence-corrected chi connectivity index (χ0v) is 15.1. The number of likely N-dealkylation sites (tertiary alicyclic amines) is 1. The maximum Gasteiger partial charge on any atom is 0.290 e. The molecule has 2 aromatic rings. The summed E-state index contributed by atoms with van der Waals surface area (Å²) in [7, 11) is 4.88. The van der Waals surface area contributed by atoms with Crippen molar-refractivity contribution in [2.45, 2.75) is 12.5 Å². The third-order valence-corrected chi connectivity index (χ3v) is 4.25. The molecule has 8 heteroatoms. The molecule has 26 heavy (non-hydrogen) atoms. The lowest BCUT2D eigenvalue weighted by Crippen LogP contribution is -2.36. The van der Waals surface area contributed by atoms with Gasteiger partial charge in [-0.1, -0.05) is 5.16 Å². The summed E-state index contributed by atoms with van der Waals surface area (Å²) in [5.41, 5.74) is 1.33. The molecule has 1 fully saturated rings. The van der Waals surface area contributed by atoms with Crippen molar-refractivity contribution >= 4 is 12.2 Å². The van der Waals surface area contributed by atoms with E-state index in [0.717, 1.165) is 25.1 Å². The summed E-state index contributed by atoms with van der Waals surface area (Å²) in [5.74, 6) is 1.11. The number of amides is 1. The molecule has 0 unspecified atom stereocenters. The van der Waals surface area contributed by atoms with Gasteiger partial charge in [0.25, 0.3) is 5.91 Å². The third kappa shape index (κ3) is 3.79. The van der Waals surface area contributed by atoms with E-state index < -0.39 is 0 Å². The number of carbonyl (C=O) groups is 1. The quantitative estimate of drug-likeness (QED) is 0.626. The molecular weight excluding hydrogens is 336 g/mol. The molecule has 0 bridgehead atoms. The summed E-state index contributed by atoms with van der Waals surface area (Å²) in [6, 6.07) is 7.09. The van der Waals surface area contributed by atoms with Crippen LogP contribution >= 0.6 is 0 Å². The van der Waals surface area contributed by atoms with Gasteiger partial charge in [-0.3, -0.25) is 9.79 Å². The van der Waals surface area contributed by atoms with Gasteiger partial charge in [0.2, 0.25) is 5.76 Å². The molecule has 1 aliphatic rings. The monoisotopic (exact) mass is 358 g/mol. The van der Waals surface area contributed by atoms with Gasteiger partial charge in [0, 0.05) is 37.8 Å². The van der Waals surface area contributed by atoms with E-state index >= 15 is 0 Å². The second-order valence-electron chi connectivity index (χ2n) is 5.97. The fraction of sp³-hybridized carbons (Fsp3) is 0.389. The first-order valence-corrected chi connectivity index (χ1v) is 8.31. The van der Waals surface area contributed by atoms with Crippen LogP contribution in [0.3, 0.4) is 0 Å². The highest BCUT2D eigenvalue weighted by atomic mass is 16.5. The van der Waals surface area contributed by atoms with Gasteiger partial charge in [-0.25, -0.2) is 0 Å². The standard InChI is InChI=1S/C18H22N4O4/c1-19-11-22-7-6-13(10-22)20-18(23)17-9-14(21-26-17)12-4-5-15(24-2)16(8-12)25-3/h4-5,8-9,11,13H,6-7,10H2,1-3H3,(H,20,23)/b19-11+/t13-/m1/s1. The molecule has 1 aliphatic heterocycles. The Morgan fingerprint density at radius 2 is 2.15 bits per heavy atom. The van der Waals surface area contributed by atoms with Crippen LogP contribution in [0.2, 0.25) is 0 Å². The predicted octanol–water partition coefficient (Wildman–Crippen LogP) is 1.82. The number of carbonyl (C=O) groups excluding carboxylic acids is 1. The number of hydrogen-bond acceptors (Lipinski definition) is 6. The largest absolute Gasteiger partial charge is 0.493 e. The summed E-state index contributed by atoms with van der Waals surface area (Å²) in [5, 5.41) is 6.96. The maximum atomic E-state index is 12.4. The molecule has 1 aromatic heterocycles. The normalized spacial score (nSPS) is 16.9. The van der Waals surface area contributed by atoms with Crippen LogP contribution in [-0.2, 0) is 0 Å². The van der Waals surface area contributed by atoms with Crippen molar-refractivity contribution in [1.29, 1.82) is 0 Å². The maximum absolute atomic E-state index is 12.4. The second kappa shape index (κ2) is 7.90. The van der Waals surface area contributed by atoms with E-state index in [0.29, 0.717) is 17.2 Å². The number of aromatic nitrogens is 1. The molecule has 1 saturated heterocycles. The van der Waals surface area contributed by atoms with Crippen LogP contribution in [0.5, 0.6) is 11.5 Å². The summed E-state index contributed by atoms with van der Waals surface area (Å²) >= 11 is 0. The first-order chi connectivity index (χ1) is 12.6. The van der Waals surface area contributed by atoms with E-state index in [4.69, 9.17) is 14.0 Å². The van der Waals surface area contributed by atoms with E-state index in [9.17, 15) is 4.79 Å². The highest BCUT2D eigenvalue weighted by Gasteiger charge is 2.24. The molecule has 3 rings (SSSR count). The highest BCUT2D eigenvalue weighted by Crippen LogP contribution is 2.32. The number of hydrogen-bond donors (Lipinski definition) is 1. The Labute approximate surface area is 151 Å². The van der Waals surface area contributed by atoms with E-state index in [1.807, 2.05) is 6.07 Å². The van der Waals surface area contributed by atoms with Crippen LogP contribution in [0, 0.1) is 0 Å². The van der Waals surface area contributed by atoms with Crippen LogP contribution in [0.4, 0.5) is 0 Å². The van der Waals surface area contributed by atoms with E-state index in [-0.39, 0.29) is 17.7 Å². The molecule has 1 amide bonds. The molecule has 8 nitrogen and oxygen atoms in total. The van der Waals surface area contributed by atoms with Crippen molar-refractivity contribution in [3.63, 3.8) is 0 Å². The number of benzene rings is 1. The van der Waals surface area contributed by atoms with Gasteiger partial charge in [-0.05, 0) is 24.6 Å². The minimum absolute atomic E-state index is 0.0649. The summed E-state index contributed by atoms with van der Waals surface area (Å²) < 4.78 is 15.7. The van der Waals surface area contributed by atoms with E-state index in [1.165, 1.54) is 0 Å². The molecule has 1 aromatic carbocycles. The van der Waals surface area contributed by atoms with Crippen LogP contribution in [0.15, 0.2) is 33.8 Å². The molecule has 0 radical (unpaired) electrons. The van der Waals surface area contributed by atoms with E-state index in [1.54, 1.807) is 45.8 Å². The highest BCUT2D eigenvalue weighted by molar-refractivity contribution is 5.92. The van der Waals surface area contributed by atoms with Gasteiger partial charge in [-0.15, -0.1) is 0 Å². The Morgan fingerprint density at radius 3 is 2.88 bits per heavy atom. The van der Waals surface area contributed by atoms with Gasteiger partial charge < -0.3 is 24.2 Å². The zero-order chi connectivity index (χ0) is 18.5. The lowest BCUT2D eigenvalue weighted by Gasteiger charge is -2.12. The van der Waals surface area contributed by atoms with Crippen molar-refractivity contribution in [2.75, 3.05) is 34.4 Å². The SMILES string of the molecule is C/N=C/N1CC[C@@H](NC(=O)c2cc(-c3ccc(OC)c(OC)c3)no2)C1. The minimum Gasteiger partial charge on any atom is -0.493 e. The summed E-state index contributed by atoms with van der Waals surface area (Å²) in [6.45, 7) is 1.61. The molecule has 138 valence electrons. The van der Waals surface area contributed by atoms with Gasteiger partial charge in [-0.2, -0.15) is 0 Å². The Balaban J connectivity index is 1.69. The van der Waals surface area contributed by atoms with Crippen LogP contribution in [-0.4, -0.2) is 62.7 Å². The molecule has 1 atom stereocenters. The lowest BCUT2D eigenvalue weighted by atomic mass is 10.1. The first-order valence-electron chi connectivity index (χ1n) is 8.31. The summed E-state index contributed by atoms with van der Waals surface area (Å²) in [4.78, 5) is 18.5. The minimum atomic E-state index is -0.274. The van der Waals surface area contributed by atoms with Gasteiger partial charge in [0.05, 0.1) is 20.6 Å². The molecule has 2 heterocycles. The Kier molecular flexibility index (Phi) is 5.40. The molecule has 0 aliphatic carbocycles. The number of aliphatic imine (C=N–C) groups is 1. The fourth-order valence-corrected chi connectivity index (χ4v) is 2.94. The van der Waals surface area contributed by atoms with Gasteiger partial charge in [0.1, 0.15) is 5.69 Å². The average molecular weight is 358 g/mol. The van der Waals surface area contributed by atoms with Crippen LogP contribution in [0.1, 0.15) is 17.0 Å². The van der Waals surface area contributed by atoms with Crippen molar-refractivity contribution in [3.8, 4) is 22.8 Å². The molecule has 1 N–H and O–H groups in total. The number of nitrogens with one attached hydrogen (secondary N) is 1. The van der Waals surface area contributed by atoms with E-state index in [2.05, 4.69) is 20.4 Å². The number of nitrogens with zero attached hydrogens (tertiary/aromatic N) is 3. The fourth-order valence-electron chi connectivity index (χ4n) is 2.94. The number of ether oxygens (including phenoxy) is 2. The molecular formula is C18H22N4O4. The third-order valence-electron chi connectivity index (χ3n) is 4.25. The predicted molar refractivity (Wildman–Crippen MR) is 96.9 cm³/mol. The Bertz CT molecular complexity index is 802. The second-order valence-corrected chi connectivity index (χ2v) is 5.97. The Hall–Kier alpha value is -3.03. The molecule has 0 spiro atoms. The van der Waals surface area contributed by atoms with Crippen LogP contribution < -0.4 is 14.8 Å². The van der Waals surface area contributed by atoms with Gasteiger partial charge >= 0.3 is 0 Å². The average Bonchev–Trinajstić information content (AvgIpc) is 3.31. The Morgan fingerprint density at radius 1 is 1.35 bits per heavy atom. The van der Waals surface area contributed by atoms with Crippen molar-refractivity contribution in [2.24, 2.45) is 4.99 Å². The van der Waals surface area contributed by atoms with Crippen molar-refractivity contribution in [3.05, 3.63) is 30.0 Å². The van der Waals surface area contributed by atoms with Crippen molar-refractivity contribution < 1.29 is 18.8 Å². The number of methoxy groups -OCH3 is 2. The molecule has 0 saturated carbocycles. The van der Waals surface area contributed by atoms with Gasteiger partial charge in [0.15, 0.2) is 11.5 Å². The zero-order valence-electron chi connectivity index (χ0n) is 15.1. The lowest BCUT2D eigenvalue weighted by molar-refractivity contribution is 0.0902. The smallest absolute Gasteiger partial charge is 0.290 e. The summed E-state index contributed by atoms with van der Waals surface area (Å²) in [6.07, 6.45) is 2.66. The van der Waals surface area contributed by atoms with Crippen LogP contribution in [0.25, 0.3) is 11.3 Å². The van der Waals surface area contributed by atoms with Crippen molar-refractivity contribution in [1.82, 2.24) is 15.4 Å². The first kappa shape index (κ1) is 17.8. The number of rotatable bonds is 6. The topological polar surface area (TPSA) is 89.2 Å².